The van der Waals surface area contributed by atoms with Gasteiger partial charge in [-0.15, -0.1) is 0 Å². The zero-order valence-electron chi connectivity index (χ0n) is 11.9. The van der Waals surface area contributed by atoms with Gasteiger partial charge in [0.05, 0.1) is 10.9 Å². The Morgan fingerprint density at radius 2 is 2.09 bits per heavy atom. The summed E-state index contributed by atoms with van der Waals surface area (Å²) >= 11 is 0. The van der Waals surface area contributed by atoms with Gasteiger partial charge in [-0.25, -0.2) is 4.98 Å². The van der Waals surface area contributed by atoms with E-state index in [1.54, 1.807) is 24.4 Å². The minimum absolute atomic E-state index is 0.0465. The zero-order valence-corrected chi connectivity index (χ0v) is 11.9. The third-order valence-corrected chi connectivity index (χ3v) is 3.44. The number of nitrogens with zero attached hydrogens (tertiary/aromatic N) is 1. The molecule has 3 N–H and O–H groups in total. The molecule has 0 spiro atoms. The number of aryl methyl sites for hydroxylation is 1. The van der Waals surface area contributed by atoms with Crippen LogP contribution in [0.1, 0.15) is 18.4 Å². The van der Waals surface area contributed by atoms with Gasteiger partial charge >= 0.3 is 0 Å². The number of H-pyrrole nitrogens is 2. The monoisotopic (exact) mass is 296 g/mol. The lowest BCUT2D eigenvalue weighted by Gasteiger charge is -2.04. The molecular weight excluding hydrogens is 280 g/mol. The van der Waals surface area contributed by atoms with Crippen molar-refractivity contribution in [2.45, 2.75) is 19.3 Å². The number of amides is 1. The number of nitrogens with one attached hydrogen (secondary N) is 3. The second kappa shape index (κ2) is 6.26. The summed E-state index contributed by atoms with van der Waals surface area (Å²) in [5, 5.41) is 8.80. The van der Waals surface area contributed by atoms with E-state index in [-0.39, 0.29) is 11.5 Å². The summed E-state index contributed by atoms with van der Waals surface area (Å²) in [7, 11) is 0. The molecule has 0 bridgehead atoms. The molecule has 0 atom stereocenters. The van der Waals surface area contributed by atoms with E-state index in [4.69, 9.17) is 0 Å². The Bertz CT molecular complexity index is 836. The molecule has 3 rings (SSSR count). The lowest BCUT2D eigenvalue weighted by Crippen LogP contribution is -2.12. The van der Waals surface area contributed by atoms with Crippen LogP contribution in [0.5, 0.6) is 0 Å². The van der Waals surface area contributed by atoms with E-state index in [1.807, 2.05) is 18.2 Å². The van der Waals surface area contributed by atoms with Crippen molar-refractivity contribution in [2.24, 2.45) is 0 Å². The van der Waals surface area contributed by atoms with E-state index >= 15 is 0 Å². The topological polar surface area (TPSA) is 90.6 Å². The smallest absolute Gasteiger partial charge is 0.271 e. The van der Waals surface area contributed by atoms with E-state index in [2.05, 4.69) is 20.5 Å². The van der Waals surface area contributed by atoms with Crippen LogP contribution in [0.3, 0.4) is 0 Å². The number of aromatic nitrogens is 3. The predicted molar refractivity (Wildman–Crippen MR) is 84.7 cm³/mol. The van der Waals surface area contributed by atoms with Gasteiger partial charge in [0.2, 0.25) is 5.91 Å². The van der Waals surface area contributed by atoms with Crippen molar-refractivity contribution in [3.8, 4) is 0 Å². The van der Waals surface area contributed by atoms with Crippen LogP contribution in [0.25, 0.3) is 10.9 Å². The Balaban J connectivity index is 1.53. The predicted octanol–water partition coefficient (Wildman–Crippen LogP) is 2.21. The highest BCUT2D eigenvalue weighted by molar-refractivity contribution is 5.89. The van der Waals surface area contributed by atoms with Gasteiger partial charge in [-0.3, -0.25) is 19.8 Å². The molecule has 2 aromatic heterocycles. The third-order valence-electron chi connectivity index (χ3n) is 3.44. The van der Waals surface area contributed by atoms with Crippen LogP contribution in [-0.2, 0) is 11.2 Å². The number of hydrogen-bond donors (Lipinski definition) is 3. The van der Waals surface area contributed by atoms with Crippen LogP contribution in [-0.4, -0.2) is 21.1 Å². The molecule has 0 saturated heterocycles. The van der Waals surface area contributed by atoms with Crippen molar-refractivity contribution in [3.05, 3.63) is 58.5 Å². The second-order valence-electron chi connectivity index (χ2n) is 5.08. The molecule has 22 heavy (non-hydrogen) atoms. The highest BCUT2D eigenvalue weighted by atomic mass is 16.1. The Hall–Kier alpha value is -2.89. The molecule has 6 nitrogen and oxygen atoms in total. The molecule has 0 aliphatic rings. The summed E-state index contributed by atoms with van der Waals surface area (Å²) in [5.74, 6) is 0.522. The fraction of sp³-hybridized carbons (Fsp3) is 0.188. The third kappa shape index (κ3) is 3.22. The van der Waals surface area contributed by atoms with E-state index in [0.29, 0.717) is 17.6 Å². The van der Waals surface area contributed by atoms with Crippen molar-refractivity contribution in [1.82, 2.24) is 15.2 Å². The molecule has 2 heterocycles. The first-order chi connectivity index (χ1) is 10.7. The lowest BCUT2D eigenvalue weighted by molar-refractivity contribution is -0.116. The summed E-state index contributed by atoms with van der Waals surface area (Å²) in [6, 6.07) is 11.0. The van der Waals surface area contributed by atoms with Gasteiger partial charge in [0, 0.05) is 12.6 Å². The summed E-state index contributed by atoms with van der Waals surface area (Å²) in [6.07, 6.45) is 3.58. The van der Waals surface area contributed by atoms with Crippen LogP contribution in [0.4, 0.5) is 5.82 Å². The highest BCUT2D eigenvalue weighted by Crippen LogP contribution is 2.12. The standard InChI is InChI=1S/C16H16N4O2/c21-15(18-14-5-1-2-9-17-14)6-3-4-11-7-8-12-13(10-11)19-20-16(12)22/h1-2,5,7-10H,3-4,6H2,(H,17,18,21)(H2,19,20,22). The maximum Gasteiger partial charge on any atom is 0.271 e. The summed E-state index contributed by atoms with van der Waals surface area (Å²) in [5.41, 5.74) is 1.77. The number of pyridine rings is 1. The van der Waals surface area contributed by atoms with Crippen LogP contribution in [0, 0.1) is 0 Å². The molecule has 1 amide bonds. The van der Waals surface area contributed by atoms with Crippen molar-refractivity contribution in [1.29, 1.82) is 0 Å². The van der Waals surface area contributed by atoms with Gasteiger partial charge in [0.15, 0.2) is 0 Å². The average molecular weight is 296 g/mol. The Kier molecular flexibility index (Phi) is 4.00. The summed E-state index contributed by atoms with van der Waals surface area (Å²) in [4.78, 5) is 27.3. The van der Waals surface area contributed by atoms with Gasteiger partial charge in [0.25, 0.3) is 5.56 Å². The molecule has 0 fully saturated rings. The minimum atomic E-state index is -0.115. The first-order valence-corrected chi connectivity index (χ1v) is 7.12. The van der Waals surface area contributed by atoms with Crippen LogP contribution < -0.4 is 10.9 Å². The van der Waals surface area contributed by atoms with E-state index in [1.165, 1.54) is 0 Å². The maximum absolute atomic E-state index is 11.8. The fourth-order valence-corrected chi connectivity index (χ4v) is 2.33. The molecule has 0 aliphatic carbocycles. The normalized spacial score (nSPS) is 10.7. The van der Waals surface area contributed by atoms with Crippen LogP contribution >= 0.6 is 0 Å². The van der Waals surface area contributed by atoms with Gasteiger partial charge < -0.3 is 5.32 Å². The van der Waals surface area contributed by atoms with Gasteiger partial charge in [-0.2, -0.15) is 0 Å². The van der Waals surface area contributed by atoms with E-state index in [0.717, 1.165) is 23.9 Å². The van der Waals surface area contributed by atoms with Crippen molar-refractivity contribution < 1.29 is 4.79 Å². The molecule has 0 saturated carbocycles. The molecular formula is C16H16N4O2. The fourth-order valence-electron chi connectivity index (χ4n) is 2.33. The summed E-state index contributed by atoms with van der Waals surface area (Å²) < 4.78 is 0. The number of carbonyl (C=O) groups is 1. The first kappa shape index (κ1) is 14.1. The number of hydrogen-bond acceptors (Lipinski definition) is 3. The molecule has 6 heteroatoms. The van der Waals surface area contributed by atoms with Crippen LogP contribution in [0.2, 0.25) is 0 Å². The SMILES string of the molecule is O=C(CCCc1ccc2c(=O)[nH][nH]c2c1)Nc1ccccn1. The molecule has 112 valence electrons. The van der Waals surface area contributed by atoms with Crippen molar-refractivity contribution >= 4 is 22.6 Å². The van der Waals surface area contributed by atoms with E-state index in [9.17, 15) is 9.59 Å². The average Bonchev–Trinajstić information content (AvgIpc) is 2.89. The van der Waals surface area contributed by atoms with Crippen LogP contribution in [0.15, 0.2) is 47.4 Å². The Morgan fingerprint density at radius 3 is 2.91 bits per heavy atom. The Morgan fingerprint density at radius 1 is 1.18 bits per heavy atom. The van der Waals surface area contributed by atoms with E-state index < -0.39 is 0 Å². The Labute approximate surface area is 126 Å². The molecule has 0 unspecified atom stereocenters. The van der Waals surface area contributed by atoms with Gasteiger partial charge in [-0.1, -0.05) is 12.1 Å². The maximum atomic E-state index is 11.8. The quantitative estimate of drug-likeness (QED) is 0.674. The lowest BCUT2D eigenvalue weighted by atomic mass is 10.1. The number of anilines is 1. The number of benzene rings is 1. The number of carbonyl (C=O) groups excluding carboxylic acids is 1. The number of rotatable bonds is 5. The molecule has 0 radical (unpaired) electrons. The van der Waals surface area contributed by atoms with Crippen molar-refractivity contribution in [3.63, 3.8) is 0 Å². The second-order valence-corrected chi connectivity index (χ2v) is 5.08. The molecule has 0 aliphatic heterocycles. The number of aromatic amines is 2. The first-order valence-electron chi connectivity index (χ1n) is 7.12. The van der Waals surface area contributed by atoms with Gasteiger partial charge in [-0.05, 0) is 42.7 Å². The van der Waals surface area contributed by atoms with Crippen molar-refractivity contribution in [2.75, 3.05) is 5.32 Å². The highest BCUT2D eigenvalue weighted by Gasteiger charge is 2.05. The zero-order chi connectivity index (χ0) is 15.4. The molecule has 1 aromatic carbocycles. The largest absolute Gasteiger partial charge is 0.311 e. The number of fused-ring (bicyclic) bond motifs is 1. The van der Waals surface area contributed by atoms with Gasteiger partial charge in [0.1, 0.15) is 5.82 Å². The molecule has 3 aromatic rings. The summed E-state index contributed by atoms with van der Waals surface area (Å²) in [6.45, 7) is 0. The minimum Gasteiger partial charge on any atom is -0.311 e.